The molecule has 4 aliphatic rings. The first-order valence-corrected chi connectivity index (χ1v) is 12.8. The van der Waals surface area contributed by atoms with Gasteiger partial charge < -0.3 is 0 Å². The van der Waals surface area contributed by atoms with Crippen molar-refractivity contribution in [2.45, 2.75) is 104 Å². The van der Waals surface area contributed by atoms with Gasteiger partial charge in [0.15, 0.2) is 0 Å². The zero-order chi connectivity index (χ0) is 23.6. The van der Waals surface area contributed by atoms with E-state index in [9.17, 15) is 19.2 Å². The fraction of sp³-hybridized carbons (Fsp3) is 0.846. The Morgan fingerprint density at radius 3 is 1.44 bits per heavy atom. The van der Waals surface area contributed by atoms with E-state index in [1.54, 1.807) is 0 Å². The molecule has 2 heterocycles. The molecule has 2 aliphatic heterocycles. The second-order valence-corrected chi connectivity index (χ2v) is 11.2. The summed E-state index contributed by atoms with van der Waals surface area (Å²) in [4.78, 5) is 56.2. The van der Waals surface area contributed by atoms with E-state index in [0.717, 1.165) is 38.5 Å². The van der Waals surface area contributed by atoms with Crippen molar-refractivity contribution in [2.75, 3.05) is 0 Å². The highest BCUT2D eigenvalue weighted by molar-refractivity contribution is 6.18. The van der Waals surface area contributed by atoms with Crippen LogP contribution in [0.2, 0.25) is 0 Å². The second-order valence-electron chi connectivity index (χ2n) is 11.2. The average molecular weight is 445 g/mol. The van der Waals surface area contributed by atoms with Crippen LogP contribution in [0.15, 0.2) is 0 Å². The van der Waals surface area contributed by atoms with E-state index in [1.807, 2.05) is 20.8 Å². The number of hydrogen-bond acceptors (Lipinski definition) is 4. The van der Waals surface area contributed by atoms with Gasteiger partial charge in [-0.3, -0.25) is 29.0 Å². The van der Waals surface area contributed by atoms with Crippen LogP contribution in [0.25, 0.3) is 0 Å². The van der Waals surface area contributed by atoms with Crippen LogP contribution < -0.4 is 0 Å². The quantitative estimate of drug-likeness (QED) is 0.553. The lowest BCUT2D eigenvalue weighted by Crippen LogP contribution is -2.50. The van der Waals surface area contributed by atoms with Gasteiger partial charge in [0.05, 0.1) is 23.7 Å². The molecule has 0 radical (unpaired) electrons. The summed E-state index contributed by atoms with van der Waals surface area (Å²) in [6.07, 6.45) is 7.35. The summed E-state index contributed by atoms with van der Waals surface area (Å²) in [6, 6.07) is -0.0756. The summed E-state index contributed by atoms with van der Waals surface area (Å²) < 4.78 is 0. The highest BCUT2D eigenvalue weighted by atomic mass is 16.2. The lowest BCUT2D eigenvalue weighted by atomic mass is 9.59. The molecule has 0 spiro atoms. The molecule has 0 bridgehead atoms. The van der Waals surface area contributed by atoms with Gasteiger partial charge >= 0.3 is 0 Å². The zero-order valence-electron chi connectivity index (χ0n) is 20.6. The summed E-state index contributed by atoms with van der Waals surface area (Å²) >= 11 is 0. The van der Waals surface area contributed by atoms with Gasteiger partial charge in [-0.05, 0) is 56.8 Å². The minimum Gasteiger partial charge on any atom is -0.279 e. The molecule has 2 aliphatic carbocycles. The summed E-state index contributed by atoms with van der Waals surface area (Å²) in [5, 5.41) is 0. The fourth-order valence-corrected chi connectivity index (χ4v) is 7.13. The maximum Gasteiger partial charge on any atom is 0.234 e. The van der Waals surface area contributed by atoms with E-state index < -0.39 is 29.2 Å². The third kappa shape index (κ3) is 2.96. The molecule has 4 rings (SSSR count). The number of fused-ring (bicyclic) bond motifs is 4. The van der Waals surface area contributed by atoms with Gasteiger partial charge in [0, 0.05) is 11.6 Å². The number of likely N-dealkylation sites (tertiary alicyclic amines) is 2. The van der Waals surface area contributed by atoms with Crippen molar-refractivity contribution in [3.05, 3.63) is 0 Å². The molecule has 4 fully saturated rings. The number of hydrogen-bond donors (Lipinski definition) is 0. The third-order valence-corrected chi connectivity index (χ3v) is 10.3. The van der Waals surface area contributed by atoms with E-state index in [4.69, 9.17) is 0 Å². The van der Waals surface area contributed by atoms with Crippen LogP contribution in [0.4, 0.5) is 0 Å². The molecular formula is C26H40N2O4. The number of rotatable bonds is 7. The molecule has 4 amide bonds. The molecule has 32 heavy (non-hydrogen) atoms. The Kier molecular flexibility index (Phi) is 5.82. The number of carbonyl (C=O) groups excluding carboxylic acids is 4. The second kappa shape index (κ2) is 7.95. The molecule has 2 saturated carbocycles. The van der Waals surface area contributed by atoms with E-state index in [2.05, 4.69) is 20.8 Å². The van der Waals surface area contributed by atoms with E-state index in [-0.39, 0.29) is 29.7 Å². The van der Waals surface area contributed by atoms with Crippen molar-refractivity contribution in [1.29, 1.82) is 0 Å². The van der Waals surface area contributed by atoms with Crippen molar-refractivity contribution in [3.8, 4) is 0 Å². The van der Waals surface area contributed by atoms with Crippen LogP contribution in [-0.2, 0) is 19.2 Å². The summed E-state index contributed by atoms with van der Waals surface area (Å²) in [5.41, 5.74) is -0.233. The monoisotopic (exact) mass is 444 g/mol. The molecule has 0 N–H and O–H groups in total. The lowest BCUT2D eigenvalue weighted by Gasteiger charge is -2.42. The molecule has 2 saturated heterocycles. The molecule has 4 atom stereocenters. The maximum atomic E-state index is 13.4. The first kappa shape index (κ1) is 23.4. The Labute approximate surface area is 192 Å². The van der Waals surface area contributed by atoms with Gasteiger partial charge in [-0.1, -0.05) is 47.5 Å². The predicted octanol–water partition coefficient (Wildman–Crippen LogP) is 4.17. The van der Waals surface area contributed by atoms with Crippen LogP contribution in [0, 0.1) is 35.0 Å². The Hall–Kier alpha value is -1.72. The Morgan fingerprint density at radius 2 is 1.06 bits per heavy atom. The minimum absolute atomic E-state index is 0.0756. The molecule has 0 aromatic rings. The standard InChI is InChI=1S/C26H40N2O4/c1-7-25(5,8-2)15-11-13-16(14-12-15)27-21(29)17-18(22(27)30)20-19(17)23(31)28(24(20)32)26(6,9-3)10-4/h15-20H,7-14H2,1-6H3. The van der Waals surface area contributed by atoms with Gasteiger partial charge in [-0.25, -0.2) is 0 Å². The average Bonchev–Trinajstić information content (AvgIpc) is 3.11. The Bertz CT molecular complexity index is 780. The van der Waals surface area contributed by atoms with Gasteiger partial charge in [0.2, 0.25) is 23.6 Å². The molecular weight excluding hydrogens is 404 g/mol. The number of carbonyl (C=O) groups is 4. The molecule has 6 heteroatoms. The van der Waals surface area contributed by atoms with Crippen molar-refractivity contribution >= 4 is 23.6 Å². The van der Waals surface area contributed by atoms with E-state index >= 15 is 0 Å². The molecule has 6 nitrogen and oxygen atoms in total. The van der Waals surface area contributed by atoms with Crippen molar-refractivity contribution in [1.82, 2.24) is 9.80 Å². The largest absolute Gasteiger partial charge is 0.279 e. The van der Waals surface area contributed by atoms with Crippen LogP contribution in [0.3, 0.4) is 0 Å². The molecule has 178 valence electrons. The van der Waals surface area contributed by atoms with Gasteiger partial charge in [-0.15, -0.1) is 0 Å². The smallest absolute Gasteiger partial charge is 0.234 e. The van der Waals surface area contributed by atoms with Gasteiger partial charge in [0.25, 0.3) is 0 Å². The number of nitrogens with zero attached hydrogens (tertiary/aromatic N) is 2. The van der Waals surface area contributed by atoms with Crippen LogP contribution in [-0.4, -0.2) is 45.0 Å². The molecule has 4 unspecified atom stereocenters. The summed E-state index contributed by atoms with van der Waals surface area (Å²) in [7, 11) is 0. The van der Waals surface area contributed by atoms with E-state index in [1.165, 1.54) is 9.80 Å². The Morgan fingerprint density at radius 1 is 0.656 bits per heavy atom. The van der Waals surface area contributed by atoms with Gasteiger partial charge in [0.1, 0.15) is 0 Å². The highest BCUT2D eigenvalue weighted by Gasteiger charge is 2.74. The number of amides is 4. The third-order valence-electron chi connectivity index (χ3n) is 10.3. The van der Waals surface area contributed by atoms with Crippen LogP contribution in [0.1, 0.15) is 92.9 Å². The van der Waals surface area contributed by atoms with E-state index in [0.29, 0.717) is 24.2 Å². The summed E-state index contributed by atoms with van der Waals surface area (Å²) in [6.45, 7) is 12.7. The lowest BCUT2D eigenvalue weighted by molar-refractivity contribution is -0.150. The Balaban J connectivity index is 1.50. The summed E-state index contributed by atoms with van der Waals surface area (Å²) in [5.74, 6) is -2.76. The van der Waals surface area contributed by atoms with Crippen molar-refractivity contribution < 1.29 is 19.2 Å². The first-order chi connectivity index (χ1) is 15.1. The fourth-order valence-electron chi connectivity index (χ4n) is 7.13. The normalized spacial score (nSPS) is 35.3. The van der Waals surface area contributed by atoms with Gasteiger partial charge in [-0.2, -0.15) is 0 Å². The first-order valence-electron chi connectivity index (χ1n) is 12.8. The zero-order valence-corrected chi connectivity index (χ0v) is 20.6. The van der Waals surface area contributed by atoms with Crippen molar-refractivity contribution in [3.63, 3.8) is 0 Å². The van der Waals surface area contributed by atoms with Crippen LogP contribution in [0.5, 0.6) is 0 Å². The highest BCUT2D eigenvalue weighted by Crippen LogP contribution is 2.58. The van der Waals surface area contributed by atoms with Crippen molar-refractivity contribution in [2.24, 2.45) is 35.0 Å². The minimum atomic E-state index is -0.633. The molecule has 0 aromatic carbocycles. The maximum absolute atomic E-state index is 13.4. The van der Waals surface area contributed by atoms with Crippen LogP contribution >= 0.6 is 0 Å². The molecule has 0 aromatic heterocycles. The SMILES string of the molecule is CCC(C)(CC)C1CCC(N2C(=O)C3C(C2=O)C2C(=O)N(C(C)(CC)CC)C(=O)C32)CC1. The number of imide groups is 2. The topological polar surface area (TPSA) is 74.8 Å². The predicted molar refractivity (Wildman–Crippen MR) is 121 cm³/mol.